The van der Waals surface area contributed by atoms with Crippen LogP contribution in [0.1, 0.15) is 11.1 Å². The van der Waals surface area contributed by atoms with Crippen molar-refractivity contribution in [3.63, 3.8) is 0 Å². The van der Waals surface area contributed by atoms with Crippen molar-refractivity contribution in [1.82, 2.24) is 9.97 Å². The van der Waals surface area contributed by atoms with Crippen molar-refractivity contribution in [3.8, 4) is 11.4 Å². The van der Waals surface area contributed by atoms with Gasteiger partial charge in [-0.15, -0.1) is 0 Å². The van der Waals surface area contributed by atoms with E-state index in [2.05, 4.69) is 41.3 Å². The molecule has 0 bridgehead atoms. The molecule has 108 valence electrons. The Bertz CT molecular complexity index is 721. The van der Waals surface area contributed by atoms with Gasteiger partial charge in [-0.3, -0.25) is 0 Å². The van der Waals surface area contributed by atoms with E-state index in [1.54, 1.807) is 0 Å². The highest BCUT2D eigenvalue weighted by Crippen LogP contribution is 2.24. The Morgan fingerprint density at radius 1 is 1.10 bits per heavy atom. The third kappa shape index (κ3) is 2.76. The van der Waals surface area contributed by atoms with Gasteiger partial charge in [-0.25, -0.2) is 4.98 Å². The van der Waals surface area contributed by atoms with Crippen molar-refractivity contribution in [2.75, 3.05) is 18.5 Å². The summed E-state index contributed by atoms with van der Waals surface area (Å²) >= 11 is 0. The Morgan fingerprint density at radius 2 is 1.81 bits per heavy atom. The van der Waals surface area contributed by atoms with Gasteiger partial charge in [0.1, 0.15) is 5.82 Å². The van der Waals surface area contributed by atoms with Gasteiger partial charge in [0.2, 0.25) is 0 Å². The number of hydrogen-bond acceptors (Lipinski definition) is 3. The fraction of sp³-hybridized carbons (Fsp3) is 0.235. The van der Waals surface area contributed by atoms with Crippen molar-refractivity contribution >= 4 is 16.7 Å². The second kappa shape index (κ2) is 5.58. The Labute approximate surface area is 123 Å². The standard InChI is InChI=1S/C17H19N3O/c1-11-9-15-16(10-12(11)2)20-17(19-15)13-3-5-14(6-4-13)18-7-8-21/h3-6,9-10,18,21H,7-8H2,1-2H3,(H,19,20). The largest absolute Gasteiger partial charge is 0.395 e. The van der Waals surface area contributed by atoms with Gasteiger partial charge in [0.25, 0.3) is 0 Å². The minimum atomic E-state index is 0.129. The van der Waals surface area contributed by atoms with Crippen LogP contribution in [-0.2, 0) is 0 Å². The zero-order valence-electron chi connectivity index (χ0n) is 12.3. The third-order valence-corrected chi connectivity index (χ3v) is 3.70. The number of aliphatic hydroxyl groups excluding tert-OH is 1. The highest BCUT2D eigenvalue weighted by Gasteiger charge is 2.06. The molecule has 0 fully saturated rings. The van der Waals surface area contributed by atoms with Gasteiger partial charge in [-0.2, -0.15) is 0 Å². The first kappa shape index (κ1) is 13.6. The van der Waals surface area contributed by atoms with Gasteiger partial charge in [0.15, 0.2) is 0 Å². The van der Waals surface area contributed by atoms with Crippen LogP contribution in [0.2, 0.25) is 0 Å². The molecule has 0 saturated carbocycles. The van der Waals surface area contributed by atoms with Crippen LogP contribution in [0.15, 0.2) is 36.4 Å². The number of anilines is 1. The van der Waals surface area contributed by atoms with E-state index in [0.29, 0.717) is 6.54 Å². The van der Waals surface area contributed by atoms with E-state index in [0.717, 1.165) is 28.1 Å². The molecule has 2 aromatic carbocycles. The minimum Gasteiger partial charge on any atom is -0.395 e. The second-order valence-electron chi connectivity index (χ2n) is 5.27. The summed E-state index contributed by atoms with van der Waals surface area (Å²) in [5, 5.41) is 11.9. The topological polar surface area (TPSA) is 60.9 Å². The molecule has 1 heterocycles. The van der Waals surface area contributed by atoms with Gasteiger partial charge in [-0.05, 0) is 61.4 Å². The predicted molar refractivity (Wildman–Crippen MR) is 86.6 cm³/mol. The number of aromatic nitrogens is 2. The van der Waals surface area contributed by atoms with Gasteiger partial charge in [0, 0.05) is 17.8 Å². The monoisotopic (exact) mass is 281 g/mol. The minimum absolute atomic E-state index is 0.129. The molecule has 0 aliphatic heterocycles. The normalized spacial score (nSPS) is 11.0. The summed E-state index contributed by atoms with van der Waals surface area (Å²) in [7, 11) is 0. The smallest absolute Gasteiger partial charge is 0.138 e. The van der Waals surface area contributed by atoms with Crippen molar-refractivity contribution in [3.05, 3.63) is 47.5 Å². The summed E-state index contributed by atoms with van der Waals surface area (Å²) in [4.78, 5) is 8.03. The summed E-state index contributed by atoms with van der Waals surface area (Å²) in [5.41, 5.74) is 6.63. The molecule has 3 rings (SSSR count). The fourth-order valence-corrected chi connectivity index (χ4v) is 2.35. The molecule has 21 heavy (non-hydrogen) atoms. The zero-order valence-corrected chi connectivity index (χ0v) is 12.3. The van der Waals surface area contributed by atoms with E-state index >= 15 is 0 Å². The quantitative estimate of drug-likeness (QED) is 0.688. The fourth-order valence-electron chi connectivity index (χ4n) is 2.35. The number of H-pyrrole nitrogens is 1. The molecule has 1 aromatic heterocycles. The first-order chi connectivity index (χ1) is 10.2. The van der Waals surface area contributed by atoms with Crippen LogP contribution >= 0.6 is 0 Å². The van der Waals surface area contributed by atoms with Gasteiger partial charge >= 0.3 is 0 Å². The van der Waals surface area contributed by atoms with Gasteiger partial charge < -0.3 is 15.4 Å². The number of nitrogens with zero attached hydrogens (tertiary/aromatic N) is 1. The lowest BCUT2D eigenvalue weighted by Crippen LogP contribution is -2.04. The number of hydrogen-bond donors (Lipinski definition) is 3. The van der Waals surface area contributed by atoms with Crippen LogP contribution in [0.5, 0.6) is 0 Å². The highest BCUT2D eigenvalue weighted by atomic mass is 16.3. The second-order valence-corrected chi connectivity index (χ2v) is 5.27. The highest BCUT2D eigenvalue weighted by molar-refractivity contribution is 5.81. The Morgan fingerprint density at radius 3 is 2.52 bits per heavy atom. The van der Waals surface area contributed by atoms with Crippen LogP contribution < -0.4 is 5.32 Å². The summed E-state index contributed by atoms with van der Waals surface area (Å²) in [6, 6.07) is 12.3. The lowest BCUT2D eigenvalue weighted by atomic mass is 10.1. The Kier molecular flexibility index (Phi) is 3.62. The van der Waals surface area contributed by atoms with E-state index in [9.17, 15) is 0 Å². The van der Waals surface area contributed by atoms with E-state index in [4.69, 9.17) is 5.11 Å². The van der Waals surface area contributed by atoms with Crippen molar-refractivity contribution in [2.24, 2.45) is 0 Å². The molecule has 0 aliphatic carbocycles. The first-order valence-corrected chi connectivity index (χ1v) is 7.09. The van der Waals surface area contributed by atoms with Crippen LogP contribution in [0.4, 0.5) is 5.69 Å². The maximum Gasteiger partial charge on any atom is 0.138 e. The molecule has 0 atom stereocenters. The average molecular weight is 281 g/mol. The number of benzene rings is 2. The van der Waals surface area contributed by atoms with E-state index in [1.165, 1.54) is 11.1 Å². The van der Waals surface area contributed by atoms with Gasteiger partial charge in [0.05, 0.1) is 17.6 Å². The zero-order chi connectivity index (χ0) is 14.8. The molecule has 0 spiro atoms. The Hall–Kier alpha value is -2.33. The van der Waals surface area contributed by atoms with E-state index in [1.807, 2.05) is 24.3 Å². The Balaban J connectivity index is 1.92. The lowest BCUT2D eigenvalue weighted by molar-refractivity contribution is 0.311. The SMILES string of the molecule is Cc1cc2nc(-c3ccc(NCCO)cc3)[nH]c2cc1C. The van der Waals surface area contributed by atoms with E-state index < -0.39 is 0 Å². The third-order valence-electron chi connectivity index (χ3n) is 3.70. The molecular formula is C17H19N3O. The molecular weight excluding hydrogens is 262 g/mol. The molecule has 0 saturated heterocycles. The molecule has 4 heteroatoms. The maximum absolute atomic E-state index is 8.81. The molecule has 3 N–H and O–H groups in total. The molecule has 0 unspecified atom stereocenters. The maximum atomic E-state index is 8.81. The van der Waals surface area contributed by atoms with E-state index in [-0.39, 0.29) is 6.61 Å². The first-order valence-electron chi connectivity index (χ1n) is 7.09. The number of imidazole rings is 1. The van der Waals surface area contributed by atoms with Crippen LogP contribution in [0.25, 0.3) is 22.4 Å². The number of aryl methyl sites for hydroxylation is 2. The molecule has 3 aromatic rings. The van der Waals surface area contributed by atoms with Gasteiger partial charge in [-0.1, -0.05) is 0 Å². The summed E-state index contributed by atoms with van der Waals surface area (Å²) in [6.45, 7) is 4.90. The summed E-state index contributed by atoms with van der Waals surface area (Å²) < 4.78 is 0. The molecule has 4 nitrogen and oxygen atoms in total. The van der Waals surface area contributed by atoms with Crippen molar-refractivity contribution in [2.45, 2.75) is 13.8 Å². The number of rotatable bonds is 4. The summed E-state index contributed by atoms with van der Waals surface area (Å²) in [6.07, 6.45) is 0. The van der Waals surface area contributed by atoms with Crippen LogP contribution in [-0.4, -0.2) is 28.2 Å². The predicted octanol–water partition coefficient (Wildman–Crippen LogP) is 3.25. The van der Waals surface area contributed by atoms with Crippen LogP contribution in [0.3, 0.4) is 0 Å². The van der Waals surface area contributed by atoms with Crippen molar-refractivity contribution in [1.29, 1.82) is 0 Å². The number of aliphatic hydroxyl groups is 1. The number of nitrogens with one attached hydrogen (secondary N) is 2. The van der Waals surface area contributed by atoms with Crippen LogP contribution in [0, 0.1) is 13.8 Å². The lowest BCUT2D eigenvalue weighted by Gasteiger charge is -2.04. The summed E-state index contributed by atoms with van der Waals surface area (Å²) in [5.74, 6) is 0.878. The molecule has 0 radical (unpaired) electrons. The number of aromatic amines is 1. The molecule has 0 aliphatic rings. The average Bonchev–Trinajstić information content (AvgIpc) is 2.89. The van der Waals surface area contributed by atoms with Crippen molar-refractivity contribution < 1.29 is 5.11 Å². The number of fused-ring (bicyclic) bond motifs is 1. The molecule has 0 amide bonds.